The Balaban J connectivity index is 1.59. The molecule has 1 saturated heterocycles. The number of hydrogen-bond donors (Lipinski definition) is 1. The number of aryl methyl sites for hydroxylation is 2. The van der Waals surface area contributed by atoms with Crippen molar-refractivity contribution in [1.82, 2.24) is 5.43 Å². The number of rotatable bonds is 6. The minimum atomic E-state index is -0.329. The number of carbonyl (C=O) groups is 2. The average Bonchev–Trinajstić information content (AvgIpc) is 3.10. The second-order valence-corrected chi connectivity index (χ2v) is 7.04. The molecule has 2 aromatic rings. The number of anilines is 1. The van der Waals surface area contributed by atoms with Gasteiger partial charge in [-0.05, 0) is 68.1 Å². The van der Waals surface area contributed by atoms with Crippen molar-refractivity contribution in [2.24, 2.45) is 5.10 Å². The van der Waals surface area contributed by atoms with Crippen LogP contribution in [-0.2, 0) is 9.59 Å². The largest absolute Gasteiger partial charge is 0.484 e. The number of nitrogens with one attached hydrogen (secondary N) is 1. The number of amides is 2. The molecule has 0 saturated carbocycles. The van der Waals surface area contributed by atoms with E-state index in [2.05, 4.69) is 10.5 Å². The van der Waals surface area contributed by atoms with Crippen molar-refractivity contribution < 1.29 is 14.3 Å². The third-order valence-electron chi connectivity index (χ3n) is 4.56. The molecule has 28 heavy (non-hydrogen) atoms. The molecule has 0 aromatic heterocycles. The van der Waals surface area contributed by atoms with Crippen LogP contribution in [0.1, 0.15) is 36.5 Å². The Hall–Kier alpha value is -3.15. The van der Waals surface area contributed by atoms with Crippen LogP contribution in [0.15, 0.2) is 47.6 Å². The molecular weight excluding hydrogens is 354 g/mol. The molecule has 0 radical (unpaired) electrons. The maximum absolute atomic E-state index is 12.0. The van der Waals surface area contributed by atoms with Gasteiger partial charge < -0.3 is 9.64 Å². The third-order valence-corrected chi connectivity index (χ3v) is 4.56. The fourth-order valence-electron chi connectivity index (χ4n) is 3.23. The quantitative estimate of drug-likeness (QED) is 0.618. The normalized spacial score (nSPS) is 14.3. The molecule has 2 aromatic carbocycles. The van der Waals surface area contributed by atoms with Gasteiger partial charge in [0.05, 0.1) is 5.71 Å². The Morgan fingerprint density at radius 3 is 2.61 bits per heavy atom. The van der Waals surface area contributed by atoms with Gasteiger partial charge in [-0.15, -0.1) is 0 Å². The molecule has 1 fully saturated rings. The molecule has 146 valence electrons. The summed E-state index contributed by atoms with van der Waals surface area (Å²) in [6, 6.07) is 13.4. The van der Waals surface area contributed by atoms with E-state index in [1.54, 1.807) is 4.90 Å². The molecule has 6 nitrogen and oxygen atoms in total. The van der Waals surface area contributed by atoms with Gasteiger partial charge in [-0.1, -0.05) is 18.2 Å². The molecule has 1 heterocycles. The summed E-state index contributed by atoms with van der Waals surface area (Å²) in [6.45, 7) is 6.41. The van der Waals surface area contributed by atoms with E-state index in [1.807, 2.05) is 63.2 Å². The van der Waals surface area contributed by atoms with Gasteiger partial charge in [0.25, 0.3) is 5.91 Å². The molecule has 6 heteroatoms. The van der Waals surface area contributed by atoms with Gasteiger partial charge in [0.1, 0.15) is 5.75 Å². The summed E-state index contributed by atoms with van der Waals surface area (Å²) >= 11 is 0. The second-order valence-electron chi connectivity index (χ2n) is 7.04. The van der Waals surface area contributed by atoms with Crippen molar-refractivity contribution in [2.75, 3.05) is 18.1 Å². The van der Waals surface area contributed by atoms with Crippen LogP contribution in [0.25, 0.3) is 0 Å². The fourth-order valence-corrected chi connectivity index (χ4v) is 3.23. The van der Waals surface area contributed by atoms with E-state index in [1.165, 1.54) is 0 Å². The Bertz CT molecular complexity index is 901. The molecule has 1 aliphatic heterocycles. The molecule has 2 amide bonds. The zero-order chi connectivity index (χ0) is 20.1. The highest BCUT2D eigenvalue weighted by Crippen LogP contribution is 2.22. The van der Waals surface area contributed by atoms with E-state index in [0.29, 0.717) is 17.9 Å². The number of hydrazone groups is 1. The fraction of sp³-hybridized carbons (Fsp3) is 0.318. The molecule has 1 aliphatic rings. The van der Waals surface area contributed by atoms with Crippen LogP contribution in [0, 0.1) is 13.8 Å². The lowest BCUT2D eigenvalue weighted by Crippen LogP contribution is -2.26. The van der Waals surface area contributed by atoms with E-state index >= 15 is 0 Å². The first-order valence-corrected chi connectivity index (χ1v) is 9.37. The lowest BCUT2D eigenvalue weighted by molar-refractivity contribution is -0.123. The first-order chi connectivity index (χ1) is 13.4. The summed E-state index contributed by atoms with van der Waals surface area (Å²) in [5, 5.41) is 4.16. The maximum atomic E-state index is 12.0. The van der Waals surface area contributed by atoms with Crippen LogP contribution < -0.4 is 15.1 Å². The molecule has 3 rings (SSSR count). The summed E-state index contributed by atoms with van der Waals surface area (Å²) in [7, 11) is 0. The SMILES string of the molecule is C/C(=N/NC(=O)COc1cc(C)cc(C)c1)c1cccc(N2CCCC2=O)c1. The molecule has 0 spiro atoms. The van der Waals surface area contributed by atoms with Crippen LogP contribution in [0.5, 0.6) is 5.75 Å². The van der Waals surface area contributed by atoms with Crippen molar-refractivity contribution >= 4 is 23.2 Å². The van der Waals surface area contributed by atoms with E-state index in [-0.39, 0.29) is 18.4 Å². The Labute approximate surface area is 165 Å². The summed E-state index contributed by atoms with van der Waals surface area (Å²) in [5.41, 5.74) is 7.06. The van der Waals surface area contributed by atoms with Crippen LogP contribution in [-0.4, -0.2) is 30.7 Å². The molecule has 0 unspecified atom stereocenters. The Morgan fingerprint density at radius 2 is 1.93 bits per heavy atom. The number of carbonyl (C=O) groups excluding carboxylic acids is 2. The third kappa shape index (κ3) is 4.97. The topological polar surface area (TPSA) is 71.0 Å². The minimum Gasteiger partial charge on any atom is -0.484 e. The van der Waals surface area contributed by atoms with Crippen molar-refractivity contribution in [1.29, 1.82) is 0 Å². The predicted molar refractivity (Wildman–Crippen MR) is 110 cm³/mol. The van der Waals surface area contributed by atoms with Crippen LogP contribution >= 0.6 is 0 Å². The summed E-state index contributed by atoms with van der Waals surface area (Å²) in [4.78, 5) is 25.8. The lowest BCUT2D eigenvalue weighted by atomic mass is 10.1. The van der Waals surface area contributed by atoms with E-state index in [0.717, 1.165) is 35.3 Å². The highest BCUT2D eigenvalue weighted by molar-refractivity contribution is 6.01. The van der Waals surface area contributed by atoms with Gasteiger partial charge in [0.2, 0.25) is 5.91 Å². The van der Waals surface area contributed by atoms with Crippen LogP contribution in [0.4, 0.5) is 5.69 Å². The van der Waals surface area contributed by atoms with Gasteiger partial charge in [0.15, 0.2) is 6.61 Å². The Morgan fingerprint density at radius 1 is 1.18 bits per heavy atom. The molecule has 0 aliphatic carbocycles. The van der Waals surface area contributed by atoms with E-state index < -0.39 is 0 Å². The lowest BCUT2D eigenvalue weighted by Gasteiger charge is -2.16. The standard InChI is InChI=1S/C22H25N3O3/c1-15-10-16(2)12-20(11-15)28-14-21(26)24-23-17(3)18-6-4-7-19(13-18)25-9-5-8-22(25)27/h4,6-7,10-13H,5,8-9,14H2,1-3H3,(H,24,26)/b23-17-. The number of hydrogen-bond acceptors (Lipinski definition) is 4. The van der Waals surface area contributed by atoms with Gasteiger partial charge in [0, 0.05) is 18.7 Å². The summed E-state index contributed by atoms with van der Waals surface area (Å²) < 4.78 is 5.54. The van der Waals surface area contributed by atoms with Gasteiger partial charge >= 0.3 is 0 Å². The first-order valence-electron chi connectivity index (χ1n) is 9.37. The molecule has 0 bridgehead atoms. The number of ether oxygens (including phenoxy) is 1. The van der Waals surface area contributed by atoms with Gasteiger partial charge in [-0.25, -0.2) is 5.43 Å². The second kappa shape index (κ2) is 8.69. The first kappa shape index (κ1) is 19.6. The van der Waals surface area contributed by atoms with Crippen molar-refractivity contribution in [3.05, 3.63) is 59.2 Å². The van der Waals surface area contributed by atoms with Gasteiger partial charge in [-0.3, -0.25) is 9.59 Å². The number of benzene rings is 2. The predicted octanol–water partition coefficient (Wildman–Crippen LogP) is 3.35. The molecule has 1 N–H and O–H groups in total. The molecule has 0 atom stereocenters. The van der Waals surface area contributed by atoms with Crippen LogP contribution in [0.2, 0.25) is 0 Å². The number of nitrogens with zero attached hydrogens (tertiary/aromatic N) is 2. The van der Waals surface area contributed by atoms with Crippen LogP contribution in [0.3, 0.4) is 0 Å². The zero-order valence-electron chi connectivity index (χ0n) is 16.5. The Kier molecular flexibility index (Phi) is 6.09. The zero-order valence-corrected chi connectivity index (χ0v) is 16.5. The van der Waals surface area contributed by atoms with Crippen molar-refractivity contribution in [2.45, 2.75) is 33.6 Å². The average molecular weight is 379 g/mol. The van der Waals surface area contributed by atoms with E-state index in [9.17, 15) is 9.59 Å². The van der Waals surface area contributed by atoms with Crippen molar-refractivity contribution in [3.8, 4) is 5.75 Å². The monoisotopic (exact) mass is 379 g/mol. The smallest absolute Gasteiger partial charge is 0.277 e. The van der Waals surface area contributed by atoms with E-state index in [4.69, 9.17) is 4.74 Å². The summed E-state index contributed by atoms with van der Waals surface area (Å²) in [6.07, 6.45) is 1.47. The summed E-state index contributed by atoms with van der Waals surface area (Å²) in [5.74, 6) is 0.476. The highest BCUT2D eigenvalue weighted by atomic mass is 16.5. The minimum absolute atomic E-state index is 0.109. The maximum Gasteiger partial charge on any atom is 0.277 e. The highest BCUT2D eigenvalue weighted by Gasteiger charge is 2.21. The van der Waals surface area contributed by atoms with Gasteiger partial charge in [-0.2, -0.15) is 5.10 Å². The van der Waals surface area contributed by atoms with Crippen molar-refractivity contribution in [3.63, 3.8) is 0 Å². The molecular formula is C22H25N3O3.